The lowest BCUT2D eigenvalue weighted by Gasteiger charge is -2.22. The zero-order valence-corrected chi connectivity index (χ0v) is 18.7. The van der Waals surface area contributed by atoms with E-state index in [1.54, 1.807) is 0 Å². The summed E-state index contributed by atoms with van der Waals surface area (Å²) < 4.78 is 5.41. The van der Waals surface area contributed by atoms with Gasteiger partial charge >= 0.3 is 5.97 Å². The third-order valence-electron chi connectivity index (χ3n) is 4.60. The van der Waals surface area contributed by atoms with E-state index in [4.69, 9.17) is 4.74 Å². The minimum absolute atomic E-state index is 0.230. The summed E-state index contributed by atoms with van der Waals surface area (Å²) in [5.41, 5.74) is 2.49. The summed E-state index contributed by atoms with van der Waals surface area (Å²) in [6.07, 6.45) is 2.06. The normalized spacial score (nSPS) is 11.8. The molecule has 3 aromatic rings. The smallest absolute Gasteiger partial charge is 0.320 e. The fourth-order valence-electron chi connectivity index (χ4n) is 3.17. The van der Waals surface area contributed by atoms with Crippen molar-refractivity contribution in [3.05, 3.63) is 90.0 Å². The highest BCUT2D eigenvalue weighted by molar-refractivity contribution is 5.85. The molecule has 0 aliphatic rings. The first-order chi connectivity index (χ1) is 14.8. The molecule has 0 heterocycles. The summed E-state index contributed by atoms with van der Waals surface area (Å²) >= 11 is 0. The number of esters is 1. The molecular weight excluding hydrogens is 382 g/mol. The largest absolute Gasteiger partial charge is 0.459 e. The number of carbonyl (C=O) groups excluding carboxylic acids is 1. The third kappa shape index (κ3) is 7.13. The van der Waals surface area contributed by atoms with Crippen LogP contribution in [0.1, 0.15) is 31.9 Å². The van der Waals surface area contributed by atoms with Crippen molar-refractivity contribution in [1.82, 2.24) is 4.90 Å². The molecule has 158 valence electrons. The molecule has 3 aromatic carbocycles. The summed E-state index contributed by atoms with van der Waals surface area (Å²) in [7, 11) is 1.90. The van der Waals surface area contributed by atoms with E-state index >= 15 is 0 Å². The van der Waals surface area contributed by atoms with E-state index in [2.05, 4.69) is 54.3 Å². The zero-order chi connectivity index (χ0) is 22.3. The molecule has 0 saturated heterocycles. The fraction of sp³-hybridized carbons (Fsp3) is 0.250. The Balaban J connectivity index is 1.79. The third-order valence-corrected chi connectivity index (χ3v) is 4.60. The highest BCUT2D eigenvalue weighted by atomic mass is 16.6. The van der Waals surface area contributed by atoms with Crippen molar-refractivity contribution in [3.8, 4) is 11.8 Å². The maximum Gasteiger partial charge on any atom is 0.320 e. The molecule has 0 amide bonds. The van der Waals surface area contributed by atoms with Gasteiger partial charge in [-0.25, -0.2) is 0 Å². The fourth-order valence-corrected chi connectivity index (χ4v) is 3.17. The van der Waals surface area contributed by atoms with Crippen LogP contribution in [0.25, 0.3) is 16.3 Å². The van der Waals surface area contributed by atoms with Gasteiger partial charge in [0.1, 0.15) is 5.60 Å². The maximum atomic E-state index is 12.1. The van der Waals surface area contributed by atoms with Crippen molar-refractivity contribution in [3.63, 3.8) is 0 Å². The van der Waals surface area contributed by atoms with Crippen LogP contribution in [0.3, 0.4) is 0 Å². The Bertz CT molecular complexity index is 1130. The lowest BCUT2D eigenvalue weighted by Crippen LogP contribution is -2.32. The first-order valence-corrected chi connectivity index (χ1v) is 10.5. The van der Waals surface area contributed by atoms with Crippen molar-refractivity contribution >= 4 is 22.3 Å². The van der Waals surface area contributed by atoms with Crippen LogP contribution in [-0.2, 0) is 9.53 Å². The second-order valence-corrected chi connectivity index (χ2v) is 8.58. The maximum absolute atomic E-state index is 12.1. The van der Waals surface area contributed by atoms with Crippen LogP contribution in [0.15, 0.2) is 78.9 Å². The minimum Gasteiger partial charge on any atom is -0.459 e. The predicted octanol–water partition coefficient (Wildman–Crippen LogP) is 5.55. The Kier molecular flexibility index (Phi) is 7.28. The number of nitrogens with zero attached hydrogens (tertiary/aromatic N) is 1. The van der Waals surface area contributed by atoms with E-state index in [-0.39, 0.29) is 12.5 Å². The van der Waals surface area contributed by atoms with E-state index in [1.807, 2.05) is 69.1 Å². The molecule has 0 spiro atoms. The number of likely N-dealkylation sites (N-methyl/N-ethyl adjacent to an activating group) is 1. The molecule has 0 bridgehead atoms. The van der Waals surface area contributed by atoms with Crippen LogP contribution < -0.4 is 0 Å². The number of carbonyl (C=O) groups is 1. The summed E-state index contributed by atoms with van der Waals surface area (Å²) in [5.74, 6) is 6.41. The molecule has 0 fully saturated rings. The van der Waals surface area contributed by atoms with Crippen molar-refractivity contribution < 1.29 is 9.53 Å². The second kappa shape index (κ2) is 10.1. The van der Waals surface area contributed by atoms with Gasteiger partial charge in [-0.3, -0.25) is 9.69 Å². The van der Waals surface area contributed by atoms with Gasteiger partial charge in [0.05, 0.1) is 6.54 Å². The quantitative estimate of drug-likeness (QED) is 0.407. The van der Waals surface area contributed by atoms with Crippen molar-refractivity contribution in [2.75, 3.05) is 20.1 Å². The number of ether oxygens (including phenoxy) is 1. The summed E-state index contributed by atoms with van der Waals surface area (Å²) in [6.45, 7) is 6.45. The molecule has 0 aliphatic heterocycles. The molecule has 0 aromatic heterocycles. The molecule has 0 atom stereocenters. The average Bonchev–Trinajstić information content (AvgIpc) is 2.73. The van der Waals surface area contributed by atoms with Gasteiger partial charge in [0, 0.05) is 17.7 Å². The predicted molar refractivity (Wildman–Crippen MR) is 129 cm³/mol. The zero-order valence-electron chi connectivity index (χ0n) is 18.7. The number of hydrogen-bond donors (Lipinski definition) is 0. The molecule has 0 saturated carbocycles. The Hall–Kier alpha value is -3.35. The molecule has 0 N–H and O–H groups in total. The van der Waals surface area contributed by atoms with Crippen LogP contribution in [0.5, 0.6) is 0 Å². The summed E-state index contributed by atoms with van der Waals surface area (Å²) in [4.78, 5) is 14.0. The molecular formula is C28H29NO2. The molecule has 0 radical (unpaired) electrons. The topological polar surface area (TPSA) is 29.5 Å². The Morgan fingerprint density at radius 2 is 1.65 bits per heavy atom. The molecule has 3 nitrogen and oxygen atoms in total. The molecule has 0 aliphatic carbocycles. The summed E-state index contributed by atoms with van der Waals surface area (Å²) in [5, 5.41) is 2.38. The Morgan fingerprint density at radius 3 is 2.35 bits per heavy atom. The number of fused-ring (bicyclic) bond motifs is 1. The van der Waals surface area contributed by atoms with Crippen LogP contribution in [0.2, 0.25) is 0 Å². The van der Waals surface area contributed by atoms with E-state index in [0.717, 1.165) is 16.7 Å². The van der Waals surface area contributed by atoms with Gasteiger partial charge in [-0.15, -0.1) is 0 Å². The monoisotopic (exact) mass is 411 g/mol. The van der Waals surface area contributed by atoms with Gasteiger partial charge in [-0.2, -0.15) is 0 Å². The lowest BCUT2D eigenvalue weighted by molar-refractivity contribution is -0.155. The van der Waals surface area contributed by atoms with Gasteiger partial charge < -0.3 is 4.74 Å². The SMILES string of the molecule is CN(CC=C(C#Cc1ccc2ccccc2c1)c1ccccc1)CC(=O)OC(C)(C)C. The van der Waals surface area contributed by atoms with Gasteiger partial charge in [0.2, 0.25) is 0 Å². The number of rotatable bonds is 5. The van der Waals surface area contributed by atoms with Crippen LogP contribution in [0.4, 0.5) is 0 Å². The number of benzene rings is 3. The van der Waals surface area contributed by atoms with Gasteiger partial charge in [-0.1, -0.05) is 78.6 Å². The van der Waals surface area contributed by atoms with Gasteiger partial charge in [-0.05, 0) is 56.3 Å². The summed E-state index contributed by atoms with van der Waals surface area (Å²) in [6, 6.07) is 24.6. The van der Waals surface area contributed by atoms with E-state index in [1.165, 1.54) is 10.8 Å². The van der Waals surface area contributed by atoms with Gasteiger partial charge in [0.15, 0.2) is 0 Å². The Labute approximate surface area is 185 Å². The van der Waals surface area contributed by atoms with Crippen molar-refractivity contribution in [1.29, 1.82) is 0 Å². The standard InChI is InChI=1S/C28H29NO2/c1-28(2,3)31-27(30)21-29(4)19-18-25(23-10-6-5-7-11-23)17-15-22-14-16-24-12-8-9-13-26(24)20-22/h5-14,16,18,20H,19,21H2,1-4H3. The van der Waals surface area contributed by atoms with E-state index in [9.17, 15) is 4.79 Å². The first-order valence-electron chi connectivity index (χ1n) is 10.5. The first kappa shape index (κ1) is 22.3. The lowest BCUT2D eigenvalue weighted by atomic mass is 10.0. The van der Waals surface area contributed by atoms with E-state index in [0.29, 0.717) is 6.54 Å². The number of hydrogen-bond acceptors (Lipinski definition) is 3. The molecule has 3 heteroatoms. The van der Waals surface area contributed by atoms with E-state index < -0.39 is 5.60 Å². The van der Waals surface area contributed by atoms with Crippen molar-refractivity contribution in [2.24, 2.45) is 0 Å². The van der Waals surface area contributed by atoms with Crippen molar-refractivity contribution in [2.45, 2.75) is 26.4 Å². The highest BCUT2D eigenvalue weighted by Crippen LogP contribution is 2.17. The van der Waals surface area contributed by atoms with Crippen LogP contribution >= 0.6 is 0 Å². The highest BCUT2D eigenvalue weighted by Gasteiger charge is 2.17. The number of allylic oxidation sites excluding steroid dienone is 1. The second-order valence-electron chi connectivity index (χ2n) is 8.58. The van der Waals surface area contributed by atoms with Crippen LogP contribution in [-0.4, -0.2) is 36.6 Å². The Morgan fingerprint density at radius 1 is 0.968 bits per heavy atom. The molecule has 0 unspecified atom stereocenters. The van der Waals surface area contributed by atoms with Crippen LogP contribution in [0, 0.1) is 11.8 Å². The van der Waals surface area contributed by atoms with Gasteiger partial charge in [0.25, 0.3) is 0 Å². The molecule has 31 heavy (non-hydrogen) atoms. The minimum atomic E-state index is -0.478. The average molecular weight is 412 g/mol. The molecule has 3 rings (SSSR count).